The number of primary amides is 1. The maximum Gasteiger partial charge on any atom is 0.358 e. The number of nitrogens with two attached hydrogens (primary N) is 1. The molecule has 2 aromatic rings. The quantitative estimate of drug-likeness (QED) is 0.868. The zero-order valence-electron chi connectivity index (χ0n) is 9.45. The van der Waals surface area contributed by atoms with Gasteiger partial charge in [0, 0.05) is 16.3 Å². The van der Waals surface area contributed by atoms with Crippen LogP contribution >= 0.6 is 22.7 Å². The highest BCUT2D eigenvalue weighted by molar-refractivity contribution is 7.14. The molecule has 1 atom stereocenters. The van der Waals surface area contributed by atoms with Gasteiger partial charge in [0.2, 0.25) is 0 Å². The van der Waals surface area contributed by atoms with Crippen LogP contribution in [0.5, 0.6) is 0 Å². The van der Waals surface area contributed by atoms with Gasteiger partial charge in [0.1, 0.15) is 5.01 Å². The number of amides is 1. The molecule has 0 aromatic carbocycles. The highest BCUT2D eigenvalue weighted by Crippen LogP contribution is 2.25. The Labute approximate surface area is 111 Å². The highest BCUT2D eigenvalue weighted by Gasteiger charge is 2.19. The Kier molecular flexibility index (Phi) is 3.73. The molecule has 0 radical (unpaired) electrons. The van der Waals surface area contributed by atoms with Crippen LogP contribution in [0, 0.1) is 0 Å². The van der Waals surface area contributed by atoms with E-state index in [2.05, 4.69) is 4.98 Å². The van der Waals surface area contributed by atoms with Gasteiger partial charge in [0.05, 0.1) is 0 Å². The van der Waals surface area contributed by atoms with Crippen LogP contribution in [0.2, 0.25) is 0 Å². The molecule has 0 saturated carbocycles. The fourth-order valence-corrected chi connectivity index (χ4v) is 2.67. The SMILES string of the molecule is C[C@@H](OC(=O)c1csc(-c2ccsc2)n1)C(N)=O. The molecule has 2 rings (SSSR count). The molecule has 94 valence electrons. The standard InChI is InChI=1S/C11H10N2O3S2/c1-6(9(12)14)16-11(15)8-5-18-10(13-8)7-2-3-17-4-7/h2-6H,1H3,(H2,12,14)/t6-/m1/s1. The molecular weight excluding hydrogens is 272 g/mol. The van der Waals surface area contributed by atoms with Gasteiger partial charge in [-0.3, -0.25) is 4.79 Å². The molecule has 7 heteroatoms. The van der Waals surface area contributed by atoms with Crippen molar-refractivity contribution in [3.05, 3.63) is 27.9 Å². The zero-order valence-corrected chi connectivity index (χ0v) is 11.1. The lowest BCUT2D eigenvalue weighted by Gasteiger charge is -2.07. The van der Waals surface area contributed by atoms with E-state index < -0.39 is 18.0 Å². The third-order valence-electron chi connectivity index (χ3n) is 2.17. The van der Waals surface area contributed by atoms with E-state index in [-0.39, 0.29) is 5.69 Å². The van der Waals surface area contributed by atoms with Crippen molar-refractivity contribution in [3.63, 3.8) is 0 Å². The molecule has 0 unspecified atom stereocenters. The summed E-state index contributed by atoms with van der Waals surface area (Å²) < 4.78 is 4.86. The number of carbonyl (C=O) groups excluding carboxylic acids is 2. The molecule has 2 aromatic heterocycles. The van der Waals surface area contributed by atoms with E-state index in [1.807, 2.05) is 16.8 Å². The Morgan fingerprint density at radius 2 is 2.22 bits per heavy atom. The normalized spacial score (nSPS) is 12.1. The summed E-state index contributed by atoms with van der Waals surface area (Å²) in [5.74, 6) is -1.32. The van der Waals surface area contributed by atoms with E-state index in [4.69, 9.17) is 10.5 Å². The van der Waals surface area contributed by atoms with Crippen LogP contribution in [-0.4, -0.2) is 23.0 Å². The van der Waals surface area contributed by atoms with Crippen molar-refractivity contribution in [2.45, 2.75) is 13.0 Å². The fourth-order valence-electron chi connectivity index (χ4n) is 1.17. The lowest BCUT2D eigenvalue weighted by molar-refractivity contribution is -0.125. The Balaban J connectivity index is 2.11. The molecule has 5 nitrogen and oxygen atoms in total. The average Bonchev–Trinajstić information content (AvgIpc) is 2.99. The lowest BCUT2D eigenvalue weighted by atomic mass is 10.3. The number of aromatic nitrogens is 1. The van der Waals surface area contributed by atoms with Gasteiger partial charge >= 0.3 is 5.97 Å². The van der Waals surface area contributed by atoms with Gasteiger partial charge in [-0.2, -0.15) is 11.3 Å². The Bertz CT molecular complexity index is 563. The molecule has 0 aliphatic carbocycles. The molecule has 0 aliphatic heterocycles. The summed E-state index contributed by atoms with van der Waals surface area (Å²) in [6, 6.07) is 1.92. The molecular formula is C11H10N2O3S2. The fraction of sp³-hybridized carbons (Fsp3) is 0.182. The molecule has 0 spiro atoms. The topological polar surface area (TPSA) is 82.3 Å². The number of esters is 1. The van der Waals surface area contributed by atoms with Crippen molar-refractivity contribution in [1.29, 1.82) is 0 Å². The summed E-state index contributed by atoms with van der Waals surface area (Å²) in [7, 11) is 0. The second-order valence-corrected chi connectivity index (χ2v) is 5.14. The predicted octanol–water partition coefficient (Wildman–Crippen LogP) is 1.90. The summed E-state index contributed by atoms with van der Waals surface area (Å²) in [6.45, 7) is 1.42. The number of rotatable bonds is 4. The van der Waals surface area contributed by atoms with E-state index in [9.17, 15) is 9.59 Å². The summed E-state index contributed by atoms with van der Waals surface area (Å²) in [5.41, 5.74) is 6.17. The van der Waals surface area contributed by atoms with E-state index >= 15 is 0 Å². The van der Waals surface area contributed by atoms with Gasteiger partial charge in [-0.1, -0.05) is 0 Å². The molecule has 2 heterocycles. The van der Waals surface area contributed by atoms with Crippen molar-refractivity contribution < 1.29 is 14.3 Å². The van der Waals surface area contributed by atoms with Crippen molar-refractivity contribution in [2.75, 3.05) is 0 Å². The van der Waals surface area contributed by atoms with Gasteiger partial charge in [-0.05, 0) is 18.4 Å². The minimum Gasteiger partial charge on any atom is -0.448 e. The number of hydrogen-bond acceptors (Lipinski definition) is 6. The number of ether oxygens (including phenoxy) is 1. The van der Waals surface area contributed by atoms with Crippen LogP contribution in [0.4, 0.5) is 0 Å². The Hall–Kier alpha value is -1.73. The number of nitrogens with zero attached hydrogens (tertiary/aromatic N) is 1. The first-order valence-corrected chi connectivity index (χ1v) is 6.88. The van der Waals surface area contributed by atoms with Gasteiger partial charge in [-0.15, -0.1) is 11.3 Å². The van der Waals surface area contributed by atoms with E-state index in [0.717, 1.165) is 10.6 Å². The van der Waals surface area contributed by atoms with Gasteiger partial charge < -0.3 is 10.5 Å². The second-order valence-electron chi connectivity index (χ2n) is 3.50. The lowest BCUT2D eigenvalue weighted by Crippen LogP contribution is -2.30. The molecule has 0 fully saturated rings. The first-order valence-electron chi connectivity index (χ1n) is 5.06. The van der Waals surface area contributed by atoms with Crippen molar-refractivity contribution in [2.24, 2.45) is 5.73 Å². The van der Waals surface area contributed by atoms with Gasteiger partial charge in [-0.25, -0.2) is 9.78 Å². The van der Waals surface area contributed by atoms with E-state index in [1.54, 1.807) is 16.7 Å². The molecule has 0 aliphatic rings. The number of thiophene rings is 1. The summed E-state index contributed by atoms with van der Waals surface area (Å²) >= 11 is 2.91. The first kappa shape index (κ1) is 12.7. The van der Waals surface area contributed by atoms with Crippen LogP contribution in [0.15, 0.2) is 22.2 Å². The summed E-state index contributed by atoms with van der Waals surface area (Å²) in [6.07, 6.45) is -0.955. The third kappa shape index (κ3) is 2.74. The monoisotopic (exact) mass is 282 g/mol. The zero-order chi connectivity index (χ0) is 13.1. The molecule has 18 heavy (non-hydrogen) atoms. The number of carbonyl (C=O) groups is 2. The molecule has 2 N–H and O–H groups in total. The molecule has 1 amide bonds. The van der Waals surface area contributed by atoms with Crippen molar-refractivity contribution in [3.8, 4) is 10.6 Å². The minimum atomic E-state index is -0.955. The Morgan fingerprint density at radius 3 is 2.83 bits per heavy atom. The van der Waals surface area contributed by atoms with Gasteiger partial charge in [0.25, 0.3) is 5.91 Å². The maximum atomic E-state index is 11.7. The predicted molar refractivity (Wildman–Crippen MR) is 69.5 cm³/mol. The average molecular weight is 282 g/mol. The molecule has 0 saturated heterocycles. The van der Waals surface area contributed by atoms with E-state index in [1.165, 1.54) is 18.3 Å². The summed E-state index contributed by atoms with van der Waals surface area (Å²) in [5, 5.41) is 6.22. The van der Waals surface area contributed by atoms with Crippen LogP contribution in [-0.2, 0) is 9.53 Å². The van der Waals surface area contributed by atoms with Crippen LogP contribution < -0.4 is 5.73 Å². The smallest absolute Gasteiger partial charge is 0.358 e. The van der Waals surface area contributed by atoms with Gasteiger partial charge in [0.15, 0.2) is 11.8 Å². The molecule has 0 bridgehead atoms. The van der Waals surface area contributed by atoms with Crippen LogP contribution in [0.1, 0.15) is 17.4 Å². The third-order valence-corrected chi connectivity index (χ3v) is 3.74. The largest absolute Gasteiger partial charge is 0.448 e. The van der Waals surface area contributed by atoms with Crippen LogP contribution in [0.25, 0.3) is 10.6 Å². The highest BCUT2D eigenvalue weighted by atomic mass is 32.1. The maximum absolute atomic E-state index is 11.7. The number of hydrogen-bond donors (Lipinski definition) is 1. The minimum absolute atomic E-state index is 0.189. The van der Waals surface area contributed by atoms with Crippen molar-refractivity contribution >= 4 is 34.6 Å². The second kappa shape index (κ2) is 5.28. The van der Waals surface area contributed by atoms with E-state index in [0.29, 0.717) is 0 Å². The Morgan fingerprint density at radius 1 is 1.44 bits per heavy atom. The van der Waals surface area contributed by atoms with Crippen molar-refractivity contribution in [1.82, 2.24) is 4.98 Å². The van der Waals surface area contributed by atoms with Crippen LogP contribution in [0.3, 0.4) is 0 Å². The summed E-state index contributed by atoms with van der Waals surface area (Å²) in [4.78, 5) is 26.6. The number of thiazole rings is 1. The first-order chi connectivity index (χ1) is 8.58.